The molecular weight excluding hydrogens is 445 g/mol. The average molecular weight is 460 g/mol. The molecule has 30 heavy (non-hydrogen) atoms. The highest BCUT2D eigenvalue weighted by atomic mass is 32.2. The van der Waals surface area contributed by atoms with Crippen molar-refractivity contribution < 1.29 is 35.9 Å². The second-order valence-corrected chi connectivity index (χ2v) is 9.18. The highest BCUT2D eigenvalue weighted by Crippen LogP contribution is 2.30. The predicted octanol–water partition coefficient (Wildman–Crippen LogP) is 3.25. The van der Waals surface area contributed by atoms with Gasteiger partial charge in [0.15, 0.2) is 5.76 Å². The highest BCUT2D eigenvalue weighted by Gasteiger charge is 2.46. The van der Waals surface area contributed by atoms with E-state index in [1.54, 1.807) is 12.3 Å². The number of benzene rings is 1. The summed E-state index contributed by atoms with van der Waals surface area (Å²) >= 11 is 1.23. The van der Waals surface area contributed by atoms with E-state index in [1.165, 1.54) is 23.5 Å². The Bertz CT molecular complexity index is 1170. The third kappa shape index (κ3) is 4.60. The average Bonchev–Trinajstić information content (AvgIpc) is 3.27. The predicted molar refractivity (Wildman–Crippen MR) is 100 cm³/mol. The summed E-state index contributed by atoms with van der Waals surface area (Å²) in [5.74, 6) is 0.312. The number of nitrogens with zero attached hydrogens (tertiary/aromatic N) is 2. The van der Waals surface area contributed by atoms with Crippen LogP contribution in [0.25, 0.3) is 11.5 Å². The van der Waals surface area contributed by atoms with Gasteiger partial charge < -0.3 is 9.52 Å². The Kier molecular flexibility index (Phi) is 6.11. The van der Waals surface area contributed by atoms with E-state index in [0.717, 1.165) is 12.1 Å². The topological polar surface area (TPSA) is 110 Å². The molecule has 12 heteroatoms. The SMILES string of the molecule is Cc1nc(CO)oc1-c1csc(CC(=O)Cc2ccc(S(=O)(=O)C(F)(F)F)cc2)n1. The van der Waals surface area contributed by atoms with E-state index in [0.29, 0.717) is 27.7 Å². The molecule has 0 aliphatic carbocycles. The van der Waals surface area contributed by atoms with E-state index in [-0.39, 0.29) is 31.1 Å². The lowest BCUT2D eigenvalue weighted by atomic mass is 10.1. The Labute approximate surface area is 173 Å². The van der Waals surface area contributed by atoms with E-state index >= 15 is 0 Å². The van der Waals surface area contributed by atoms with Crippen LogP contribution in [0.5, 0.6) is 0 Å². The zero-order valence-corrected chi connectivity index (χ0v) is 17.1. The molecule has 1 N–H and O–H groups in total. The molecule has 0 aliphatic rings. The molecule has 0 unspecified atom stereocenters. The number of oxazole rings is 1. The number of carbonyl (C=O) groups is 1. The lowest BCUT2D eigenvalue weighted by Crippen LogP contribution is -2.23. The summed E-state index contributed by atoms with van der Waals surface area (Å²) in [5, 5.41) is 11.3. The molecule has 0 bridgehead atoms. The first-order valence-corrected chi connectivity index (χ1v) is 10.8. The van der Waals surface area contributed by atoms with Crippen LogP contribution in [-0.4, -0.2) is 34.8 Å². The Balaban J connectivity index is 1.66. The molecule has 7 nitrogen and oxygen atoms in total. The quantitative estimate of drug-likeness (QED) is 0.576. The number of thiazole rings is 1. The van der Waals surface area contributed by atoms with Gasteiger partial charge in [0.05, 0.1) is 17.0 Å². The Morgan fingerprint density at radius 3 is 2.40 bits per heavy atom. The molecule has 3 rings (SSSR count). The van der Waals surface area contributed by atoms with E-state index in [4.69, 9.17) is 9.52 Å². The summed E-state index contributed by atoms with van der Waals surface area (Å²) in [6.45, 7) is 1.35. The van der Waals surface area contributed by atoms with Crippen molar-refractivity contribution >= 4 is 27.0 Å². The third-order valence-corrected chi connectivity index (χ3v) is 6.40. The van der Waals surface area contributed by atoms with Crippen molar-refractivity contribution in [3.05, 3.63) is 51.8 Å². The standard InChI is InChI=1S/C18H15F3N2O5S2/c1-10-17(28-15(8-24)22-10)14-9-29-16(23-14)7-12(25)6-11-2-4-13(5-3-11)30(26,27)18(19,20)21/h2-5,9,24H,6-8H2,1H3. The van der Waals surface area contributed by atoms with Gasteiger partial charge in [-0.1, -0.05) is 12.1 Å². The first-order valence-electron chi connectivity index (χ1n) is 8.45. The number of aromatic nitrogens is 2. The van der Waals surface area contributed by atoms with Crippen LogP contribution in [0, 0.1) is 6.92 Å². The van der Waals surface area contributed by atoms with E-state index < -0.39 is 20.2 Å². The minimum atomic E-state index is -5.42. The molecule has 0 amide bonds. The van der Waals surface area contributed by atoms with Crippen LogP contribution in [0.2, 0.25) is 0 Å². The normalized spacial score (nSPS) is 12.3. The van der Waals surface area contributed by atoms with Crippen molar-refractivity contribution in [3.63, 3.8) is 0 Å². The van der Waals surface area contributed by atoms with Gasteiger partial charge in [0.25, 0.3) is 9.84 Å². The Hall–Kier alpha value is -2.57. The monoisotopic (exact) mass is 460 g/mol. The van der Waals surface area contributed by atoms with Gasteiger partial charge in [-0.2, -0.15) is 13.2 Å². The van der Waals surface area contributed by atoms with Crippen LogP contribution in [0.15, 0.2) is 39.0 Å². The maximum Gasteiger partial charge on any atom is 0.501 e. The maximum atomic E-state index is 12.6. The minimum absolute atomic E-state index is 0.00664. The van der Waals surface area contributed by atoms with E-state index in [1.807, 2.05) is 0 Å². The third-order valence-electron chi connectivity index (χ3n) is 4.05. The molecule has 0 radical (unpaired) electrons. The number of aryl methyl sites for hydroxylation is 1. The lowest BCUT2D eigenvalue weighted by Gasteiger charge is -2.08. The Morgan fingerprint density at radius 2 is 1.83 bits per heavy atom. The molecule has 2 heterocycles. The van der Waals surface area contributed by atoms with Crippen molar-refractivity contribution in [2.75, 3.05) is 0 Å². The molecule has 2 aromatic heterocycles. The number of carbonyl (C=O) groups excluding carboxylic acids is 1. The van der Waals surface area contributed by atoms with Crippen LogP contribution in [0.3, 0.4) is 0 Å². The van der Waals surface area contributed by atoms with Gasteiger partial charge >= 0.3 is 5.51 Å². The number of sulfone groups is 1. The molecule has 160 valence electrons. The first kappa shape index (κ1) is 22.1. The number of aliphatic hydroxyl groups is 1. The first-order chi connectivity index (χ1) is 14.0. The summed E-state index contributed by atoms with van der Waals surface area (Å²) in [4.78, 5) is 19.8. The zero-order chi connectivity index (χ0) is 22.1. The number of aliphatic hydroxyl groups excluding tert-OH is 1. The number of hydrogen-bond acceptors (Lipinski definition) is 8. The van der Waals surface area contributed by atoms with E-state index in [2.05, 4.69) is 9.97 Å². The van der Waals surface area contributed by atoms with Crippen molar-refractivity contribution in [2.45, 2.75) is 36.8 Å². The van der Waals surface area contributed by atoms with Crippen LogP contribution < -0.4 is 0 Å². The van der Waals surface area contributed by atoms with Crippen LogP contribution in [0.4, 0.5) is 13.2 Å². The fourth-order valence-corrected chi connectivity index (χ4v) is 4.20. The summed E-state index contributed by atoms with van der Waals surface area (Å²) in [5.41, 5.74) is -3.96. The molecule has 0 saturated heterocycles. The van der Waals surface area contributed by atoms with Gasteiger partial charge in [-0.15, -0.1) is 11.3 Å². The number of ketones is 1. The van der Waals surface area contributed by atoms with Gasteiger partial charge in [0.2, 0.25) is 5.89 Å². The van der Waals surface area contributed by atoms with Gasteiger partial charge in [0, 0.05) is 11.8 Å². The van der Waals surface area contributed by atoms with Gasteiger partial charge in [-0.05, 0) is 24.6 Å². The molecule has 0 atom stereocenters. The number of hydrogen-bond donors (Lipinski definition) is 1. The maximum absolute atomic E-state index is 12.6. The minimum Gasteiger partial charge on any atom is -0.436 e. The van der Waals surface area contributed by atoms with E-state index in [9.17, 15) is 26.4 Å². The summed E-state index contributed by atoms with van der Waals surface area (Å²) in [6, 6.07) is 4.02. The molecular formula is C18H15F3N2O5S2. The number of Topliss-reactive ketones (excluding diaryl/α,β-unsaturated/α-hetero) is 1. The highest BCUT2D eigenvalue weighted by molar-refractivity contribution is 7.92. The van der Waals surface area contributed by atoms with Crippen molar-refractivity contribution in [3.8, 4) is 11.5 Å². The van der Waals surface area contributed by atoms with Crippen molar-refractivity contribution in [1.82, 2.24) is 9.97 Å². The van der Waals surface area contributed by atoms with Crippen LogP contribution in [0.1, 0.15) is 22.2 Å². The molecule has 1 aromatic carbocycles. The number of alkyl halides is 3. The number of rotatable bonds is 7. The second-order valence-electron chi connectivity index (χ2n) is 6.29. The van der Waals surface area contributed by atoms with Crippen molar-refractivity contribution in [1.29, 1.82) is 0 Å². The lowest BCUT2D eigenvalue weighted by molar-refractivity contribution is -0.117. The largest absolute Gasteiger partial charge is 0.501 e. The second kappa shape index (κ2) is 8.28. The number of halogens is 3. The Morgan fingerprint density at radius 1 is 1.17 bits per heavy atom. The zero-order valence-electron chi connectivity index (χ0n) is 15.4. The molecule has 0 fully saturated rings. The van der Waals surface area contributed by atoms with Crippen molar-refractivity contribution in [2.24, 2.45) is 0 Å². The van der Waals surface area contributed by atoms with Crippen LogP contribution >= 0.6 is 11.3 Å². The molecule has 0 spiro atoms. The fourth-order valence-electron chi connectivity index (χ4n) is 2.63. The summed E-state index contributed by atoms with van der Waals surface area (Å²) in [6.07, 6.45) is -0.0927. The van der Waals surface area contributed by atoms with Gasteiger partial charge in [0.1, 0.15) is 23.1 Å². The molecule has 0 aliphatic heterocycles. The van der Waals surface area contributed by atoms with Gasteiger partial charge in [-0.25, -0.2) is 18.4 Å². The fraction of sp³-hybridized carbons (Fsp3) is 0.278. The molecule has 3 aromatic rings. The molecule has 0 saturated carbocycles. The summed E-state index contributed by atoms with van der Waals surface area (Å²) < 4.78 is 65.8. The van der Waals surface area contributed by atoms with Crippen LogP contribution in [-0.2, 0) is 34.1 Å². The van der Waals surface area contributed by atoms with Gasteiger partial charge in [-0.3, -0.25) is 4.79 Å². The summed E-state index contributed by atoms with van der Waals surface area (Å²) in [7, 11) is -5.42. The smallest absolute Gasteiger partial charge is 0.436 e.